The first-order chi connectivity index (χ1) is 9.69. The van der Waals surface area contributed by atoms with Crippen LogP contribution in [0.15, 0.2) is 46.9 Å². The number of para-hydroxylation sites is 1. The second-order valence-corrected chi connectivity index (χ2v) is 6.45. The standard InChI is InChI=1S/C15H13BrN2OS/c16-10-6-5-9(8-17)11(7-10)14(19)15-18-12-3-1-2-4-13(12)20-15/h1-7,14,19H,8,17H2. The van der Waals surface area contributed by atoms with Gasteiger partial charge in [-0.2, -0.15) is 0 Å². The maximum Gasteiger partial charge on any atom is 0.131 e. The first-order valence-corrected chi connectivity index (χ1v) is 7.82. The SMILES string of the molecule is NCc1ccc(Br)cc1C(O)c1nc2ccccc2s1. The lowest BCUT2D eigenvalue weighted by Gasteiger charge is -2.13. The molecule has 0 aliphatic carbocycles. The van der Waals surface area contributed by atoms with Gasteiger partial charge in [0.05, 0.1) is 10.2 Å². The summed E-state index contributed by atoms with van der Waals surface area (Å²) in [5, 5.41) is 11.3. The highest BCUT2D eigenvalue weighted by molar-refractivity contribution is 9.10. The summed E-state index contributed by atoms with van der Waals surface area (Å²) in [4.78, 5) is 4.51. The fraction of sp³-hybridized carbons (Fsp3) is 0.133. The van der Waals surface area contributed by atoms with Crippen LogP contribution in [0.4, 0.5) is 0 Å². The van der Waals surface area contributed by atoms with E-state index in [1.807, 2.05) is 42.5 Å². The molecule has 3 N–H and O–H groups in total. The predicted molar refractivity (Wildman–Crippen MR) is 85.7 cm³/mol. The second kappa shape index (κ2) is 5.61. The maximum atomic E-state index is 10.6. The van der Waals surface area contributed by atoms with Gasteiger partial charge in [0, 0.05) is 11.0 Å². The third-order valence-electron chi connectivity index (χ3n) is 3.17. The first kappa shape index (κ1) is 13.7. The van der Waals surface area contributed by atoms with Crippen LogP contribution in [0.1, 0.15) is 22.2 Å². The van der Waals surface area contributed by atoms with Crippen LogP contribution in [0, 0.1) is 0 Å². The summed E-state index contributed by atoms with van der Waals surface area (Å²) < 4.78 is 2.00. The molecule has 0 spiro atoms. The molecule has 1 aromatic heterocycles. The number of aromatic nitrogens is 1. The Bertz CT molecular complexity index is 723. The third kappa shape index (κ3) is 2.50. The number of thiazole rings is 1. The summed E-state index contributed by atoms with van der Waals surface area (Å²) in [5.74, 6) is 0. The van der Waals surface area contributed by atoms with E-state index < -0.39 is 6.10 Å². The lowest BCUT2D eigenvalue weighted by Crippen LogP contribution is -2.07. The van der Waals surface area contributed by atoms with Gasteiger partial charge in [0.1, 0.15) is 11.1 Å². The van der Waals surface area contributed by atoms with Crippen LogP contribution in [-0.2, 0) is 6.54 Å². The van der Waals surface area contributed by atoms with Gasteiger partial charge in [0.2, 0.25) is 0 Å². The van der Waals surface area contributed by atoms with Crippen molar-refractivity contribution in [1.29, 1.82) is 0 Å². The van der Waals surface area contributed by atoms with Gasteiger partial charge in [-0.3, -0.25) is 0 Å². The van der Waals surface area contributed by atoms with Crippen molar-refractivity contribution < 1.29 is 5.11 Å². The minimum atomic E-state index is -0.747. The van der Waals surface area contributed by atoms with E-state index in [1.54, 1.807) is 0 Å². The van der Waals surface area contributed by atoms with Crippen LogP contribution < -0.4 is 5.73 Å². The highest BCUT2D eigenvalue weighted by Gasteiger charge is 2.18. The average Bonchev–Trinajstić information content (AvgIpc) is 2.90. The van der Waals surface area contributed by atoms with Gasteiger partial charge >= 0.3 is 0 Å². The van der Waals surface area contributed by atoms with Crippen LogP contribution in [-0.4, -0.2) is 10.1 Å². The molecule has 0 bridgehead atoms. The van der Waals surface area contributed by atoms with Crippen molar-refractivity contribution in [2.45, 2.75) is 12.6 Å². The molecule has 20 heavy (non-hydrogen) atoms. The van der Waals surface area contributed by atoms with Crippen LogP contribution in [0.3, 0.4) is 0 Å². The largest absolute Gasteiger partial charge is 0.381 e. The highest BCUT2D eigenvalue weighted by Crippen LogP contribution is 2.32. The molecule has 0 radical (unpaired) electrons. The summed E-state index contributed by atoms with van der Waals surface area (Å²) in [6, 6.07) is 13.6. The Morgan fingerprint density at radius 2 is 2.05 bits per heavy atom. The molecule has 1 atom stereocenters. The van der Waals surface area contributed by atoms with Crippen molar-refractivity contribution in [3.63, 3.8) is 0 Å². The van der Waals surface area contributed by atoms with Crippen molar-refractivity contribution in [2.24, 2.45) is 5.73 Å². The summed E-state index contributed by atoms with van der Waals surface area (Å²) in [7, 11) is 0. The predicted octanol–water partition coefficient (Wildman–Crippen LogP) is 3.60. The number of aliphatic hydroxyl groups is 1. The maximum absolute atomic E-state index is 10.6. The zero-order valence-corrected chi connectivity index (χ0v) is 13.0. The van der Waals surface area contributed by atoms with Crippen LogP contribution in [0.25, 0.3) is 10.2 Å². The number of rotatable bonds is 3. The van der Waals surface area contributed by atoms with Crippen molar-refractivity contribution in [3.8, 4) is 0 Å². The van der Waals surface area contributed by atoms with E-state index in [0.717, 1.165) is 25.8 Å². The highest BCUT2D eigenvalue weighted by atomic mass is 79.9. The smallest absolute Gasteiger partial charge is 0.131 e. The summed E-state index contributed by atoms with van der Waals surface area (Å²) in [6.45, 7) is 0.393. The van der Waals surface area contributed by atoms with Gasteiger partial charge in [-0.15, -0.1) is 11.3 Å². The lowest BCUT2D eigenvalue weighted by molar-refractivity contribution is 0.219. The number of nitrogens with zero attached hydrogens (tertiary/aromatic N) is 1. The van der Waals surface area contributed by atoms with Crippen LogP contribution >= 0.6 is 27.3 Å². The minimum absolute atomic E-state index is 0.393. The van der Waals surface area contributed by atoms with Crippen LogP contribution in [0.5, 0.6) is 0 Å². The molecule has 5 heteroatoms. The van der Waals surface area contributed by atoms with Gasteiger partial charge in [-0.1, -0.05) is 34.1 Å². The molecule has 0 aliphatic rings. The Hall–Kier alpha value is -1.27. The van der Waals surface area contributed by atoms with E-state index >= 15 is 0 Å². The second-order valence-electron chi connectivity index (χ2n) is 4.47. The van der Waals surface area contributed by atoms with Crippen molar-refractivity contribution in [1.82, 2.24) is 4.98 Å². The fourth-order valence-corrected chi connectivity index (χ4v) is 3.50. The van der Waals surface area contributed by atoms with E-state index in [4.69, 9.17) is 5.73 Å². The fourth-order valence-electron chi connectivity index (χ4n) is 2.15. The molecule has 0 saturated carbocycles. The molecule has 1 heterocycles. The Balaban J connectivity index is 2.07. The molecule has 0 fully saturated rings. The van der Waals surface area contributed by atoms with Gasteiger partial charge in [0.25, 0.3) is 0 Å². The van der Waals surface area contributed by atoms with Crippen molar-refractivity contribution in [2.75, 3.05) is 0 Å². The zero-order valence-electron chi connectivity index (χ0n) is 10.6. The third-order valence-corrected chi connectivity index (χ3v) is 4.75. The van der Waals surface area contributed by atoms with Gasteiger partial charge in [0.15, 0.2) is 0 Å². The number of nitrogens with two attached hydrogens (primary N) is 1. The molecule has 3 aromatic rings. The van der Waals surface area contributed by atoms with E-state index in [9.17, 15) is 5.11 Å². The average molecular weight is 349 g/mol. The molecule has 0 aliphatic heterocycles. The molecule has 2 aromatic carbocycles. The Morgan fingerprint density at radius 1 is 1.25 bits per heavy atom. The minimum Gasteiger partial charge on any atom is -0.381 e. The Labute approximate surface area is 129 Å². The molecular weight excluding hydrogens is 336 g/mol. The first-order valence-electron chi connectivity index (χ1n) is 6.21. The molecule has 3 nitrogen and oxygen atoms in total. The molecule has 0 saturated heterocycles. The van der Waals surface area contributed by atoms with Crippen LogP contribution in [0.2, 0.25) is 0 Å². The topological polar surface area (TPSA) is 59.1 Å². The molecule has 0 amide bonds. The monoisotopic (exact) mass is 348 g/mol. The lowest BCUT2D eigenvalue weighted by atomic mass is 10.0. The molecular formula is C15H13BrN2OS. The molecule has 1 unspecified atom stereocenters. The van der Waals surface area contributed by atoms with Gasteiger partial charge < -0.3 is 10.8 Å². The molecule has 102 valence electrons. The van der Waals surface area contributed by atoms with Crippen molar-refractivity contribution >= 4 is 37.5 Å². The summed E-state index contributed by atoms with van der Waals surface area (Å²) in [5.41, 5.74) is 8.40. The van der Waals surface area contributed by atoms with E-state index in [-0.39, 0.29) is 0 Å². The summed E-state index contributed by atoms with van der Waals surface area (Å²) in [6.07, 6.45) is -0.747. The quantitative estimate of drug-likeness (QED) is 0.760. The molecule has 3 rings (SSSR count). The number of benzene rings is 2. The number of fused-ring (bicyclic) bond motifs is 1. The number of halogens is 1. The zero-order chi connectivity index (χ0) is 14.1. The van der Waals surface area contributed by atoms with E-state index in [0.29, 0.717) is 11.6 Å². The van der Waals surface area contributed by atoms with Gasteiger partial charge in [-0.25, -0.2) is 4.98 Å². The Kier molecular flexibility index (Phi) is 3.85. The van der Waals surface area contributed by atoms with E-state index in [2.05, 4.69) is 20.9 Å². The Morgan fingerprint density at radius 3 is 2.80 bits per heavy atom. The van der Waals surface area contributed by atoms with Gasteiger partial charge in [-0.05, 0) is 35.4 Å². The van der Waals surface area contributed by atoms with E-state index in [1.165, 1.54) is 11.3 Å². The number of hydrogen-bond acceptors (Lipinski definition) is 4. The van der Waals surface area contributed by atoms with Crippen molar-refractivity contribution in [3.05, 3.63) is 63.1 Å². The normalized spacial score (nSPS) is 12.8. The summed E-state index contributed by atoms with van der Waals surface area (Å²) >= 11 is 4.94. The number of hydrogen-bond donors (Lipinski definition) is 2. The number of aliphatic hydroxyl groups excluding tert-OH is 1.